The molecule has 0 bridgehead atoms. The van der Waals surface area contributed by atoms with Crippen molar-refractivity contribution in [2.24, 2.45) is 17.1 Å². The first-order valence-electron chi connectivity index (χ1n) is 6.17. The highest BCUT2D eigenvalue weighted by Crippen LogP contribution is 2.31. The van der Waals surface area contributed by atoms with E-state index in [1.165, 1.54) is 0 Å². The summed E-state index contributed by atoms with van der Waals surface area (Å²) in [6, 6.07) is 0. The highest BCUT2D eigenvalue weighted by Gasteiger charge is 2.38. The normalized spacial score (nSPS) is 21.0. The van der Waals surface area contributed by atoms with E-state index in [4.69, 9.17) is 10.8 Å². The van der Waals surface area contributed by atoms with Crippen LogP contribution in [0.5, 0.6) is 0 Å². The van der Waals surface area contributed by atoms with Gasteiger partial charge in [-0.1, -0.05) is 6.92 Å². The van der Waals surface area contributed by atoms with Crippen molar-refractivity contribution in [3.63, 3.8) is 0 Å². The lowest BCUT2D eigenvalue weighted by Gasteiger charge is -2.37. The number of rotatable bonds is 4. The molecule has 5 nitrogen and oxygen atoms in total. The van der Waals surface area contributed by atoms with Crippen LogP contribution in [-0.2, 0) is 9.59 Å². The Hall–Kier alpha value is -1.10. The standard InChI is InChI=1S/C12H22N2O3/c1-3-9(8-13)10(15)14-6-4-12(2,5-7-14)11(16)17/h9H,3-8,13H2,1-2H3,(H,16,17). The van der Waals surface area contributed by atoms with Gasteiger partial charge in [-0.25, -0.2) is 0 Å². The summed E-state index contributed by atoms with van der Waals surface area (Å²) >= 11 is 0. The minimum Gasteiger partial charge on any atom is -0.481 e. The van der Waals surface area contributed by atoms with Gasteiger partial charge in [-0.2, -0.15) is 0 Å². The Balaban J connectivity index is 2.58. The lowest BCUT2D eigenvalue weighted by molar-refractivity contribution is -0.153. The van der Waals surface area contributed by atoms with Gasteiger partial charge in [0, 0.05) is 19.6 Å². The van der Waals surface area contributed by atoms with Crippen LogP contribution in [0.15, 0.2) is 0 Å². The molecule has 1 saturated heterocycles. The van der Waals surface area contributed by atoms with Gasteiger partial charge in [0.15, 0.2) is 0 Å². The van der Waals surface area contributed by atoms with E-state index in [0.717, 1.165) is 6.42 Å². The molecule has 1 atom stereocenters. The highest BCUT2D eigenvalue weighted by atomic mass is 16.4. The van der Waals surface area contributed by atoms with E-state index in [9.17, 15) is 9.59 Å². The third-order valence-electron chi connectivity index (χ3n) is 3.82. The molecule has 3 N–H and O–H groups in total. The van der Waals surface area contributed by atoms with Crippen molar-refractivity contribution in [1.82, 2.24) is 4.90 Å². The molecule has 1 unspecified atom stereocenters. The van der Waals surface area contributed by atoms with Crippen LogP contribution < -0.4 is 5.73 Å². The van der Waals surface area contributed by atoms with Gasteiger partial charge in [0.1, 0.15) is 0 Å². The zero-order chi connectivity index (χ0) is 13.1. The van der Waals surface area contributed by atoms with Crippen LogP contribution in [0.3, 0.4) is 0 Å². The zero-order valence-electron chi connectivity index (χ0n) is 10.6. The van der Waals surface area contributed by atoms with Crippen molar-refractivity contribution < 1.29 is 14.7 Å². The fourth-order valence-electron chi connectivity index (χ4n) is 2.13. The van der Waals surface area contributed by atoms with Gasteiger partial charge in [0.2, 0.25) is 5.91 Å². The third kappa shape index (κ3) is 2.97. The summed E-state index contributed by atoms with van der Waals surface area (Å²) in [4.78, 5) is 24.9. The highest BCUT2D eigenvalue weighted by molar-refractivity contribution is 5.80. The smallest absolute Gasteiger partial charge is 0.309 e. The van der Waals surface area contributed by atoms with Crippen molar-refractivity contribution in [1.29, 1.82) is 0 Å². The number of piperidine rings is 1. The van der Waals surface area contributed by atoms with Gasteiger partial charge in [0.25, 0.3) is 0 Å². The summed E-state index contributed by atoms with van der Waals surface area (Å²) in [6.45, 7) is 5.11. The van der Waals surface area contributed by atoms with E-state index < -0.39 is 11.4 Å². The second-order valence-corrected chi connectivity index (χ2v) is 5.03. The third-order valence-corrected chi connectivity index (χ3v) is 3.82. The van der Waals surface area contributed by atoms with Crippen molar-refractivity contribution in [3.05, 3.63) is 0 Å². The molecule has 0 aromatic carbocycles. The van der Waals surface area contributed by atoms with E-state index in [1.54, 1.807) is 11.8 Å². The Morgan fingerprint density at radius 1 is 1.41 bits per heavy atom. The average molecular weight is 242 g/mol. The van der Waals surface area contributed by atoms with E-state index in [-0.39, 0.29) is 11.8 Å². The molecule has 0 aromatic rings. The van der Waals surface area contributed by atoms with Crippen LogP contribution in [0.1, 0.15) is 33.1 Å². The van der Waals surface area contributed by atoms with Gasteiger partial charge in [-0.15, -0.1) is 0 Å². The number of carbonyl (C=O) groups is 2. The SMILES string of the molecule is CCC(CN)C(=O)N1CCC(C)(C(=O)O)CC1. The van der Waals surface area contributed by atoms with Crippen molar-refractivity contribution in [3.8, 4) is 0 Å². The second kappa shape index (κ2) is 5.49. The van der Waals surface area contributed by atoms with E-state index in [2.05, 4.69) is 0 Å². The van der Waals surface area contributed by atoms with E-state index in [1.807, 2.05) is 6.92 Å². The lowest BCUT2D eigenvalue weighted by Crippen LogP contribution is -2.48. The van der Waals surface area contributed by atoms with Gasteiger partial charge in [0.05, 0.1) is 11.3 Å². The minimum atomic E-state index is -0.768. The molecule has 1 heterocycles. The van der Waals surface area contributed by atoms with Crippen LogP contribution in [0.25, 0.3) is 0 Å². The number of hydrogen-bond donors (Lipinski definition) is 2. The summed E-state index contributed by atoms with van der Waals surface area (Å²) in [5.74, 6) is -0.818. The first kappa shape index (κ1) is 14.0. The quantitative estimate of drug-likeness (QED) is 0.759. The summed E-state index contributed by atoms with van der Waals surface area (Å²) < 4.78 is 0. The van der Waals surface area contributed by atoms with Gasteiger partial charge >= 0.3 is 5.97 Å². The molecule has 0 saturated carbocycles. The minimum absolute atomic E-state index is 0.0717. The molecule has 98 valence electrons. The number of carbonyl (C=O) groups excluding carboxylic acids is 1. The summed E-state index contributed by atoms with van der Waals surface area (Å²) in [5.41, 5.74) is 4.87. The van der Waals surface area contributed by atoms with Crippen molar-refractivity contribution in [2.75, 3.05) is 19.6 Å². The summed E-state index contributed by atoms with van der Waals surface area (Å²) in [7, 11) is 0. The molecule has 1 amide bonds. The molecular weight excluding hydrogens is 220 g/mol. The van der Waals surface area contributed by atoms with Crippen molar-refractivity contribution in [2.45, 2.75) is 33.1 Å². The average Bonchev–Trinajstić information content (AvgIpc) is 2.31. The summed E-state index contributed by atoms with van der Waals surface area (Å²) in [5, 5.41) is 9.10. The number of carboxylic acid groups (broad SMARTS) is 1. The number of amides is 1. The maximum absolute atomic E-state index is 12.0. The van der Waals surface area contributed by atoms with Gasteiger partial charge in [-0.05, 0) is 26.2 Å². The topological polar surface area (TPSA) is 83.6 Å². The Bertz CT molecular complexity index is 292. The molecule has 0 spiro atoms. The van der Waals surface area contributed by atoms with Crippen LogP contribution >= 0.6 is 0 Å². The number of hydrogen-bond acceptors (Lipinski definition) is 3. The first-order valence-corrected chi connectivity index (χ1v) is 6.17. The van der Waals surface area contributed by atoms with Crippen LogP contribution in [0, 0.1) is 11.3 Å². The zero-order valence-corrected chi connectivity index (χ0v) is 10.6. The Morgan fingerprint density at radius 3 is 2.29 bits per heavy atom. The summed E-state index contributed by atoms with van der Waals surface area (Å²) in [6.07, 6.45) is 1.78. The monoisotopic (exact) mass is 242 g/mol. The predicted molar refractivity (Wildman–Crippen MR) is 64.4 cm³/mol. The lowest BCUT2D eigenvalue weighted by atomic mass is 9.80. The van der Waals surface area contributed by atoms with E-state index in [0.29, 0.717) is 32.5 Å². The second-order valence-electron chi connectivity index (χ2n) is 5.03. The number of nitrogens with zero attached hydrogens (tertiary/aromatic N) is 1. The molecule has 0 aromatic heterocycles. The Morgan fingerprint density at radius 2 is 1.94 bits per heavy atom. The largest absolute Gasteiger partial charge is 0.481 e. The number of carboxylic acids is 1. The van der Waals surface area contributed by atoms with Gasteiger partial charge < -0.3 is 15.7 Å². The molecule has 1 aliphatic heterocycles. The maximum Gasteiger partial charge on any atom is 0.309 e. The Labute approximate surface area is 102 Å². The molecule has 1 rings (SSSR count). The number of nitrogens with two attached hydrogens (primary N) is 1. The van der Waals surface area contributed by atoms with Crippen LogP contribution in [0.2, 0.25) is 0 Å². The fraction of sp³-hybridized carbons (Fsp3) is 0.833. The van der Waals surface area contributed by atoms with E-state index >= 15 is 0 Å². The molecule has 5 heteroatoms. The molecule has 17 heavy (non-hydrogen) atoms. The number of likely N-dealkylation sites (tertiary alicyclic amines) is 1. The Kier molecular flexibility index (Phi) is 4.51. The van der Waals surface area contributed by atoms with Crippen molar-refractivity contribution >= 4 is 11.9 Å². The first-order chi connectivity index (χ1) is 7.94. The molecule has 0 aliphatic carbocycles. The number of aliphatic carboxylic acids is 1. The predicted octanol–water partition coefficient (Wildman–Crippen LogP) is 0.685. The molecule has 1 aliphatic rings. The van der Waals surface area contributed by atoms with Crippen LogP contribution in [0.4, 0.5) is 0 Å². The fourth-order valence-corrected chi connectivity index (χ4v) is 2.13. The molecule has 1 fully saturated rings. The van der Waals surface area contributed by atoms with Gasteiger partial charge in [-0.3, -0.25) is 9.59 Å². The maximum atomic E-state index is 12.0. The molecule has 0 radical (unpaired) electrons. The molecular formula is C12H22N2O3. The van der Waals surface area contributed by atoms with Crippen LogP contribution in [-0.4, -0.2) is 41.5 Å².